The second-order valence-corrected chi connectivity index (χ2v) is 10.8. The SMILES string of the molecule is CC(C)C[C@H](NC(=O)[C@@H](NC(=O)[C@H](CO)NC(=O)[C@H](C)NC(=O)CN)[C@@H](C)O)C(=O)N[C@@H](CCC(N)=O)C(=O)N[C@@H](CO)C(=O)O. The molecule has 46 heavy (non-hydrogen) atoms. The van der Waals surface area contributed by atoms with Gasteiger partial charge in [0.2, 0.25) is 41.4 Å². The lowest BCUT2D eigenvalue weighted by Crippen LogP contribution is -2.62. The zero-order valence-electron chi connectivity index (χ0n) is 26.1. The summed E-state index contributed by atoms with van der Waals surface area (Å²) in [6.07, 6.45) is -2.35. The molecule has 0 aromatic carbocycles. The van der Waals surface area contributed by atoms with Gasteiger partial charge in [-0.15, -0.1) is 0 Å². The summed E-state index contributed by atoms with van der Waals surface area (Å²) in [6.45, 7) is 3.52. The predicted molar refractivity (Wildman–Crippen MR) is 158 cm³/mol. The van der Waals surface area contributed by atoms with E-state index in [0.717, 1.165) is 6.92 Å². The van der Waals surface area contributed by atoms with Gasteiger partial charge in [-0.2, -0.15) is 0 Å². The number of carboxylic acids is 1. The normalized spacial score (nSPS) is 15.5. The molecule has 7 atom stereocenters. The van der Waals surface area contributed by atoms with Crippen molar-refractivity contribution in [2.75, 3.05) is 19.8 Å². The smallest absolute Gasteiger partial charge is 0.328 e. The van der Waals surface area contributed by atoms with Crippen molar-refractivity contribution in [3.05, 3.63) is 0 Å². The number of aliphatic hydroxyl groups is 3. The molecule has 0 aliphatic carbocycles. The highest BCUT2D eigenvalue weighted by atomic mass is 16.4. The van der Waals surface area contributed by atoms with E-state index in [0.29, 0.717) is 0 Å². The van der Waals surface area contributed by atoms with Crippen LogP contribution >= 0.6 is 0 Å². The van der Waals surface area contributed by atoms with Crippen LogP contribution in [0.3, 0.4) is 0 Å². The van der Waals surface area contributed by atoms with Crippen LogP contribution in [0.5, 0.6) is 0 Å². The molecule has 0 radical (unpaired) electrons. The summed E-state index contributed by atoms with van der Waals surface area (Å²) in [5.74, 6) is -8.35. The second kappa shape index (κ2) is 20.6. The summed E-state index contributed by atoms with van der Waals surface area (Å²) in [5, 5.41) is 51.6. The number of amides is 7. The van der Waals surface area contributed by atoms with Crippen LogP contribution in [-0.2, 0) is 38.4 Å². The van der Waals surface area contributed by atoms with Gasteiger partial charge in [0.05, 0.1) is 25.9 Å². The van der Waals surface area contributed by atoms with Gasteiger partial charge in [-0.1, -0.05) is 13.8 Å². The molecule has 7 amide bonds. The molecule has 0 bridgehead atoms. The van der Waals surface area contributed by atoms with E-state index >= 15 is 0 Å². The summed E-state index contributed by atoms with van der Waals surface area (Å²) in [4.78, 5) is 98.4. The zero-order valence-corrected chi connectivity index (χ0v) is 26.1. The number of carbonyl (C=O) groups is 8. The topological polar surface area (TPSA) is 342 Å². The molecule has 262 valence electrons. The minimum absolute atomic E-state index is 0.0294. The van der Waals surface area contributed by atoms with E-state index in [-0.39, 0.29) is 18.8 Å². The van der Waals surface area contributed by atoms with Gasteiger partial charge in [-0.25, -0.2) is 4.79 Å². The molecule has 0 aliphatic heterocycles. The minimum Gasteiger partial charge on any atom is -0.480 e. The van der Waals surface area contributed by atoms with Crippen LogP contribution in [0.25, 0.3) is 0 Å². The Kier molecular flexibility index (Phi) is 18.6. The van der Waals surface area contributed by atoms with Crippen molar-refractivity contribution >= 4 is 47.3 Å². The Morgan fingerprint density at radius 3 is 1.59 bits per heavy atom. The summed E-state index contributed by atoms with van der Waals surface area (Å²) >= 11 is 0. The molecule has 0 rings (SSSR count). The molecule has 14 N–H and O–H groups in total. The van der Waals surface area contributed by atoms with Gasteiger partial charge in [-0.05, 0) is 32.6 Å². The van der Waals surface area contributed by atoms with Crippen molar-refractivity contribution in [2.24, 2.45) is 17.4 Å². The summed E-state index contributed by atoms with van der Waals surface area (Å²) in [5.41, 5.74) is 10.3. The van der Waals surface area contributed by atoms with Gasteiger partial charge >= 0.3 is 5.97 Å². The molecular weight excluding hydrogens is 616 g/mol. The number of aliphatic carboxylic acids is 1. The third-order valence-electron chi connectivity index (χ3n) is 6.28. The summed E-state index contributed by atoms with van der Waals surface area (Å²) < 4.78 is 0. The highest BCUT2D eigenvalue weighted by molar-refractivity contribution is 5.97. The first-order chi connectivity index (χ1) is 21.4. The Bertz CT molecular complexity index is 1100. The standard InChI is InChI=1S/C26H46N8O12/c1-11(2)7-15(23(42)30-14(5-6-18(28)38)22(41)33-17(10-36)26(45)46)31-25(44)20(13(4)37)34-24(43)16(9-35)32-21(40)12(3)29-19(39)8-27/h11-17,20,35-37H,5-10,27H2,1-4H3,(H2,28,38)(H,29,39)(H,30,42)(H,31,44)(H,32,40)(H,33,41)(H,34,43)(H,45,46)/t12-,13+,14-,15-,16-,17-,20-/m0/s1. The maximum Gasteiger partial charge on any atom is 0.328 e. The first-order valence-corrected chi connectivity index (χ1v) is 14.3. The van der Waals surface area contributed by atoms with E-state index in [1.165, 1.54) is 6.92 Å². The number of aliphatic hydroxyl groups excluding tert-OH is 3. The average Bonchev–Trinajstić information content (AvgIpc) is 2.97. The molecule has 0 aliphatic rings. The van der Waals surface area contributed by atoms with Gasteiger partial charge in [0.25, 0.3) is 0 Å². The van der Waals surface area contributed by atoms with Crippen LogP contribution in [0.2, 0.25) is 0 Å². The van der Waals surface area contributed by atoms with E-state index < -0.39 is 116 Å². The fourth-order valence-electron chi connectivity index (χ4n) is 3.77. The lowest BCUT2D eigenvalue weighted by molar-refractivity contribution is -0.143. The molecule has 0 unspecified atom stereocenters. The summed E-state index contributed by atoms with van der Waals surface area (Å²) in [7, 11) is 0. The Balaban J connectivity index is 5.88. The maximum absolute atomic E-state index is 13.3. The first-order valence-electron chi connectivity index (χ1n) is 14.3. The zero-order chi connectivity index (χ0) is 35.7. The Morgan fingerprint density at radius 2 is 1.13 bits per heavy atom. The largest absolute Gasteiger partial charge is 0.480 e. The number of nitrogens with one attached hydrogen (secondary N) is 6. The Morgan fingerprint density at radius 1 is 0.652 bits per heavy atom. The van der Waals surface area contributed by atoms with Crippen LogP contribution in [0.15, 0.2) is 0 Å². The highest BCUT2D eigenvalue weighted by Crippen LogP contribution is 2.08. The molecule has 0 aromatic rings. The van der Waals surface area contributed by atoms with Gasteiger partial charge in [0.1, 0.15) is 36.3 Å². The number of carboxylic acid groups (broad SMARTS) is 1. The second-order valence-electron chi connectivity index (χ2n) is 10.8. The van der Waals surface area contributed by atoms with Crippen molar-refractivity contribution in [3.8, 4) is 0 Å². The van der Waals surface area contributed by atoms with Crippen molar-refractivity contribution < 1.29 is 58.8 Å². The molecule has 0 heterocycles. The summed E-state index contributed by atoms with van der Waals surface area (Å²) in [6, 6.07) is -9.10. The average molecular weight is 663 g/mol. The number of nitrogens with two attached hydrogens (primary N) is 2. The van der Waals surface area contributed by atoms with E-state index in [1.807, 2.05) is 5.32 Å². The van der Waals surface area contributed by atoms with Crippen LogP contribution < -0.4 is 43.4 Å². The molecule has 0 fully saturated rings. The number of rotatable bonds is 21. The van der Waals surface area contributed by atoms with Crippen LogP contribution in [-0.4, -0.2) is 130 Å². The van der Waals surface area contributed by atoms with E-state index in [2.05, 4.69) is 26.6 Å². The lowest BCUT2D eigenvalue weighted by Gasteiger charge is -2.28. The monoisotopic (exact) mass is 662 g/mol. The molecule has 0 aromatic heterocycles. The maximum atomic E-state index is 13.3. The third-order valence-corrected chi connectivity index (χ3v) is 6.28. The van der Waals surface area contributed by atoms with Gasteiger partial charge in [-0.3, -0.25) is 33.6 Å². The van der Waals surface area contributed by atoms with Crippen molar-refractivity contribution in [2.45, 2.75) is 89.3 Å². The van der Waals surface area contributed by atoms with Crippen LogP contribution in [0.4, 0.5) is 0 Å². The number of carbonyl (C=O) groups excluding carboxylic acids is 7. The minimum atomic E-state index is -1.72. The number of hydrogen-bond donors (Lipinski definition) is 12. The number of hydrogen-bond acceptors (Lipinski definition) is 12. The predicted octanol–water partition coefficient (Wildman–Crippen LogP) is -6.36. The van der Waals surface area contributed by atoms with Gasteiger partial charge in [0.15, 0.2) is 0 Å². The Labute approximate surface area is 264 Å². The van der Waals surface area contributed by atoms with Crippen molar-refractivity contribution in [3.63, 3.8) is 0 Å². The van der Waals surface area contributed by atoms with Gasteiger partial charge < -0.3 is 63.8 Å². The quantitative estimate of drug-likeness (QED) is 0.0545. The lowest BCUT2D eigenvalue weighted by atomic mass is 10.0. The van der Waals surface area contributed by atoms with Crippen LogP contribution in [0.1, 0.15) is 47.0 Å². The molecule has 0 spiro atoms. The fraction of sp³-hybridized carbons (Fsp3) is 0.692. The van der Waals surface area contributed by atoms with E-state index in [1.54, 1.807) is 13.8 Å². The molecule has 20 heteroatoms. The van der Waals surface area contributed by atoms with Crippen molar-refractivity contribution in [1.29, 1.82) is 0 Å². The number of primary amides is 1. The molecule has 0 saturated heterocycles. The molecule has 20 nitrogen and oxygen atoms in total. The van der Waals surface area contributed by atoms with Gasteiger partial charge in [0, 0.05) is 6.42 Å². The third kappa shape index (κ3) is 15.1. The highest BCUT2D eigenvalue weighted by Gasteiger charge is 2.34. The fourth-order valence-corrected chi connectivity index (χ4v) is 3.77. The van der Waals surface area contributed by atoms with Crippen LogP contribution in [0, 0.1) is 5.92 Å². The molecular formula is C26H46N8O12. The Hall–Kier alpha value is -4.40. The first kappa shape index (κ1) is 41.6. The van der Waals surface area contributed by atoms with E-state index in [9.17, 15) is 53.7 Å². The van der Waals surface area contributed by atoms with E-state index in [4.69, 9.17) is 16.6 Å². The van der Waals surface area contributed by atoms with Crippen molar-refractivity contribution in [1.82, 2.24) is 31.9 Å². The molecule has 0 saturated carbocycles.